The number of primary amides is 1. The molecule has 47 heavy (non-hydrogen) atoms. The lowest BCUT2D eigenvalue weighted by Crippen LogP contribution is -2.52. The molecule has 0 saturated carbocycles. The minimum Gasteiger partial charge on any atom is -0.404 e. The number of carbonyl (C=O) groups is 5. The maximum absolute atomic E-state index is 13.8. The summed E-state index contributed by atoms with van der Waals surface area (Å²) in [7, 11) is -4.69. The molecule has 0 unspecified atom stereocenters. The topological polar surface area (TPSA) is 193 Å². The lowest BCUT2D eigenvalue weighted by atomic mass is 9.90. The van der Waals surface area contributed by atoms with Gasteiger partial charge in [-0.1, -0.05) is 62.4 Å². The number of allylic oxidation sites excluding steroid dienone is 1. The normalized spacial score (nSPS) is 16.2. The van der Waals surface area contributed by atoms with Gasteiger partial charge in [-0.25, -0.2) is 4.57 Å². The first-order valence-electron chi connectivity index (χ1n) is 15.7. The number of likely N-dealkylation sites (tertiary alicyclic amines) is 1. The van der Waals surface area contributed by atoms with Crippen LogP contribution in [0.3, 0.4) is 0 Å². The third kappa shape index (κ3) is 12.9. The van der Waals surface area contributed by atoms with Crippen LogP contribution in [0.25, 0.3) is 6.08 Å². The van der Waals surface area contributed by atoms with Crippen molar-refractivity contribution >= 4 is 43.2 Å². The number of nitrogens with zero attached hydrogens (tertiary/aromatic N) is 1. The number of carbonyl (C=O) groups excluding carboxylic acids is 5. The van der Waals surface area contributed by atoms with Crippen molar-refractivity contribution in [3.05, 3.63) is 71.8 Å². The number of ketones is 2. The van der Waals surface area contributed by atoms with Gasteiger partial charge in [-0.05, 0) is 67.4 Å². The van der Waals surface area contributed by atoms with Gasteiger partial charge in [0.25, 0.3) is 0 Å². The lowest BCUT2D eigenvalue weighted by Gasteiger charge is -2.30. The third-order valence-corrected chi connectivity index (χ3v) is 8.29. The Bertz CT molecular complexity index is 1470. The van der Waals surface area contributed by atoms with Gasteiger partial charge in [-0.3, -0.25) is 33.8 Å². The van der Waals surface area contributed by atoms with Gasteiger partial charge in [0, 0.05) is 31.7 Å². The van der Waals surface area contributed by atoms with E-state index >= 15 is 0 Å². The summed E-state index contributed by atoms with van der Waals surface area (Å²) in [4.78, 5) is 84.3. The average molecular weight is 670 g/mol. The van der Waals surface area contributed by atoms with Crippen LogP contribution < -0.4 is 15.6 Å². The number of hydrogen-bond acceptors (Lipinski definition) is 7. The summed E-state index contributed by atoms with van der Waals surface area (Å²) in [5.74, 6) is -2.48. The van der Waals surface area contributed by atoms with Crippen LogP contribution in [0.5, 0.6) is 5.75 Å². The van der Waals surface area contributed by atoms with Crippen LogP contribution in [0.1, 0.15) is 69.9 Å². The van der Waals surface area contributed by atoms with E-state index in [9.17, 15) is 28.5 Å². The predicted octanol–water partition coefficient (Wildman–Crippen LogP) is 3.74. The van der Waals surface area contributed by atoms with Crippen LogP contribution in [0.4, 0.5) is 0 Å². The SMILES string of the molecule is CC(C)C[C@H](CC(=O)/C=C/c1ccc(OP(=O)(O)O)cc1)C(=O)N1CCC[C@H]1C(=O)N[C@@H](CCC(N)=O)C(=O)CCc1ccccc1. The Morgan fingerprint density at radius 3 is 2.34 bits per heavy atom. The number of hydrogen-bond donors (Lipinski definition) is 4. The minimum atomic E-state index is -4.69. The number of amides is 3. The second kappa shape index (κ2) is 17.7. The van der Waals surface area contributed by atoms with E-state index in [0.717, 1.165) is 5.56 Å². The molecule has 13 heteroatoms. The number of benzene rings is 2. The third-order valence-electron chi connectivity index (χ3n) is 7.84. The second-order valence-electron chi connectivity index (χ2n) is 12.2. The molecule has 0 radical (unpaired) electrons. The maximum Gasteiger partial charge on any atom is 0.524 e. The summed E-state index contributed by atoms with van der Waals surface area (Å²) in [6, 6.07) is 13.5. The van der Waals surface area contributed by atoms with Crippen LogP contribution in [0, 0.1) is 11.8 Å². The second-order valence-corrected chi connectivity index (χ2v) is 13.4. The first kappa shape index (κ1) is 37.3. The number of nitrogens with two attached hydrogens (primary N) is 1. The molecular weight excluding hydrogens is 625 g/mol. The molecule has 1 saturated heterocycles. The Kier molecular flexibility index (Phi) is 14.1. The average Bonchev–Trinajstić information content (AvgIpc) is 3.50. The molecule has 2 aromatic rings. The van der Waals surface area contributed by atoms with E-state index in [1.54, 1.807) is 0 Å². The Balaban J connectivity index is 1.66. The molecule has 0 aliphatic carbocycles. The molecule has 3 atom stereocenters. The van der Waals surface area contributed by atoms with E-state index in [1.807, 2.05) is 44.2 Å². The number of Topliss-reactive ketones (excluding diaryl/α,β-unsaturated/α-hetero) is 1. The minimum absolute atomic E-state index is 0.0238. The van der Waals surface area contributed by atoms with Crippen molar-refractivity contribution in [3.8, 4) is 5.75 Å². The van der Waals surface area contributed by atoms with Gasteiger partial charge >= 0.3 is 7.82 Å². The summed E-state index contributed by atoms with van der Waals surface area (Å²) >= 11 is 0. The molecule has 5 N–H and O–H groups in total. The molecule has 3 rings (SSSR count). The Labute approximate surface area is 275 Å². The maximum atomic E-state index is 13.8. The Hall–Kier alpha value is -4.12. The lowest BCUT2D eigenvalue weighted by molar-refractivity contribution is -0.143. The molecule has 1 fully saturated rings. The highest BCUT2D eigenvalue weighted by molar-refractivity contribution is 7.46. The van der Waals surface area contributed by atoms with E-state index < -0.39 is 37.6 Å². The number of aryl methyl sites for hydroxylation is 1. The zero-order chi connectivity index (χ0) is 34.6. The van der Waals surface area contributed by atoms with Crippen LogP contribution in [0.2, 0.25) is 0 Å². The Morgan fingerprint density at radius 1 is 1.04 bits per heavy atom. The van der Waals surface area contributed by atoms with E-state index in [-0.39, 0.29) is 54.8 Å². The standard InChI is InChI=1S/C34H44N3O9P/c1-23(2)21-26(22-27(38)14-10-25-11-15-28(16-12-25)46-47(43,44)45)34(42)37-20-6-9-30(37)33(41)36-29(17-19-32(35)40)31(39)18-13-24-7-4-3-5-8-24/h3-5,7-8,10-12,14-16,23,26,29-30H,6,9,13,17-22H2,1-2H3,(H2,35,40)(H,36,41)(H2,43,44,45)/b14-10+/t26-,29+,30+/m1/s1. The van der Waals surface area contributed by atoms with Crippen molar-refractivity contribution in [2.24, 2.45) is 17.6 Å². The summed E-state index contributed by atoms with van der Waals surface area (Å²) < 4.78 is 15.5. The quantitative estimate of drug-likeness (QED) is 0.135. The van der Waals surface area contributed by atoms with Gasteiger partial charge in [0.1, 0.15) is 11.8 Å². The van der Waals surface area contributed by atoms with Crippen LogP contribution >= 0.6 is 7.82 Å². The van der Waals surface area contributed by atoms with Crippen molar-refractivity contribution in [3.63, 3.8) is 0 Å². The molecule has 1 heterocycles. The van der Waals surface area contributed by atoms with E-state index in [1.165, 1.54) is 41.3 Å². The highest BCUT2D eigenvalue weighted by Gasteiger charge is 2.38. The van der Waals surface area contributed by atoms with Crippen LogP contribution in [-0.4, -0.2) is 62.6 Å². The van der Waals surface area contributed by atoms with Gasteiger partial charge < -0.3 is 20.5 Å². The molecule has 1 aliphatic rings. The smallest absolute Gasteiger partial charge is 0.404 e. The first-order valence-corrected chi connectivity index (χ1v) is 17.3. The molecular formula is C34H44N3O9P. The summed E-state index contributed by atoms with van der Waals surface area (Å²) in [6.07, 6.45) is 4.85. The van der Waals surface area contributed by atoms with Crippen molar-refractivity contribution < 1.29 is 42.8 Å². The number of phosphoric acid groups is 1. The number of nitrogens with one attached hydrogen (secondary N) is 1. The molecule has 2 aromatic carbocycles. The molecule has 254 valence electrons. The van der Waals surface area contributed by atoms with Gasteiger partial charge in [-0.15, -0.1) is 0 Å². The fourth-order valence-corrected chi connectivity index (χ4v) is 6.01. The summed E-state index contributed by atoms with van der Waals surface area (Å²) in [5, 5.41) is 2.79. The van der Waals surface area contributed by atoms with Gasteiger partial charge in [0.15, 0.2) is 11.6 Å². The molecule has 12 nitrogen and oxygen atoms in total. The molecule has 1 aliphatic heterocycles. The van der Waals surface area contributed by atoms with Gasteiger partial charge in [0.05, 0.1) is 6.04 Å². The molecule has 3 amide bonds. The van der Waals surface area contributed by atoms with Crippen LogP contribution in [0.15, 0.2) is 60.7 Å². The highest BCUT2D eigenvalue weighted by atomic mass is 31.2. The number of phosphoric ester groups is 1. The van der Waals surface area contributed by atoms with Crippen molar-refractivity contribution in [1.29, 1.82) is 0 Å². The summed E-state index contributed by atoms with van der Waals surface area (Å²) in [6.45, 7) is 4.23. The van der Waals surface area contributed by atoms with Gasteiger partial charge in [0.2, 0.25) is 17.7 Å². The van der Waals surface area contributed by atoms with E-state index in [2.05, 4.69) is 9.84 Å². The van der Waals surface area contributed by atoms with Crippen LogP contribution in [-0.2, 0) is 35.0 Å². The first-order chi connectivity index (χ1) is 22.2. The largest absolute Gasteiger partial charge is 0.524 e. The Morgan fingerprint density at radius 2 is 1.72 bits per heavy atom. The fourth-order valence-electron chi connectivity index (χ4n) is 5.61. The monoisotopic (exact) mass is 669 g/mol. The van der Waals surface area contributed by atoms with Crippen molar-refractivity contribution in [1.82, 2.24) is 10.2 Å². The molecule has 0 bridgehead atoms. The summed E-state index contributed by atoms with van der Waals surface area (Å²) in [5.41, 5.74) is 6.89. The van der Waals surface area contributed by atoms with Crippen molar-refractivity contribution in [2.75, 3.05) is 6.54 Å². The fraction of sp³-hybridized carbons (Fsp3) is 0.441. The molecule has 0 spiro atoms. The zero-order valence-corrected chi connectivity index (χ0v) is 27.6. The van der Waals surface area contributed by atoms with E-state index in [0.29, 0.717) is 37.8 Å². The van der Waals surface area contributed by atoms with Gasteiger partial charge in [-0.2, -0.15) is 0 Å². The predicted molar refractivity (Wildman–Crippen MR) is 176 cm³/mol. The molecule has 0 aromatic heterocycles. The highest BCUT2D eigenvalue weighted by Crippen LogP contribution is 2.37. The van der Waals surface area contributed by atoms with Crippen molar-refractivity contribution in [2.45, 2.75) is 77.3 Å². The zero-order valence-electron chi connectivity index (χ0n) is 26.7. The van der Waals surface area contributed by atoms with E-state index in [4.69, 9.17) is 15.5 Å². The number of rotatable bonds is 18.